The highest BCUT2D eigenvalue weighted by atomic mass is 19.4. The number of benzene rings is 2. The van der Waals surface area contributed by atoms with Crippen molar-refractivity contribution in [3.8, 4) is 5.75 Å². The summed E-state index contributed by atoms with van der Waals surface area (Å²) in [5.41, 5.74) is -1.26. The summed E-state index contributed by atoms with van der Waals surface area (Å²) < 4.78 is 48.3. The summed E-state index contributed by atoms with van der Waals surface area (Å²) in [5, 5.41) is 13.1. The third-order valence-electron chi connectivity index (χ3n) is 9.22. The summed E-state index contributed by atoms with van der Waals surface area (Å²) in [6, 6.07) is 7.85. The van der Waals surface area contributed by atoms with E-state index in [1.807, 2.05) is 0 Å². The zero-order valence-corrected chi connectivity index (χ0v) is 21.1. The van der Waals surface area contributed by atoms with E-state index >= 15 is 0 Å². The first kappa shape index (κ1) is 25.9. The lowest BCUT2D eigenvalue weighted by molar-refractivity contribution is -0.163. The Morgan fingerprint density at radius 1 is 0.973 bits per heavy atom. The van der Waals surface area contributed by atoms with Crippen molar-refractivity contribution in [1.29, 1.82) is 0 Å². The summed E-state index contributed by atoms with van der Waals surface area (Å²) in [4.78, 5) is 24.8. The molecule has 4 aliphatic carbocycles. The molecule has 0 spiro atoms. The van der Waals surface area contributed by atoms with Gasteiger partial charge in [0.15, 0.2) is 0 Å². The molecule has 0 unspecified atom stereocenters. The van der Waals surface area contributed by atoms with Gasteiger partial charge in [-0.1, -0.05) is 25.1 Å². The lowest BCUT2D eigenvalue weighted by atomic mass is 9.53. The molecule has 6 rings (SSSR count). The Hall–Kier alpha value is -2.77. The molecule has 0 atom stereocenters. The highest BCUT2D eigenvalue weighted by Crippen LogP contribution is 2.57. The number of halogens is 3. The number of carboxylic acid groups (broad SMARTS) is 1. The molecule has 2 aromatic carbocycles. The van der Waals surface area contributed by atoms with Gasteiger partial charge in [0.25, 0.3) is 0 Å². The van der Waals surface area contributed by atoms with Crippen LogP contribution in [0.25, 0.3) is 10.8 Å². The van der Waals surface area contributed by atoms with Gasteiger partial charge in [-0.05, 0) is 98.6 Å². The van der Waals surface area contributed by atoms with Crippen LogP contribution in [-0.4, -0.2) is 23.1 Å². The van der Waals surface area contributed by atoms with Gasteiger partial charge in [0.2, 0.25) is 5.91 Å². The molecule has 37 heavy (non-hydrogen) atoms. The Bertz CT molecular complexity index is 1180. The zero-order valence-electron chi connectivity index (χ0n) is 21.1. The summed E-state index contributed by atoms with van der Waals surface area (Å²) in [5.74, 6) is -0.399. The van der Waals surface area contributed by atoms with Gasteiger partial charge < -0.3 is 15.2 Å². The predicted octanol–water partition coefficient (Wildman–Crippen LogP) is 6.86. The van der Waals surface area contributed by atoms with Crippen LogP contribution in [0.3, 0.4) is 0 Å². The van der Waals surface area contributed by atoms with Crippen LogP contribution < -0.4 is 10.1 Å². The molecule has 2 aromatic rings. The van der Waals surface area contributed by atoms with Crippen LogP contribution in [0.15, 0.2) is 30.3 Å². The van der Waals surface area contributed by atoms with Gasteiger partial charge in [-0.3, -0.25) is 9.59 Å². The van der Waals surface area contributed by atoms with Crippen LogP contribution in [0.2, 0.25) is 0 Å². The van der Waals surface area contributed by atoms with E-state index in [4.69, 9.17) is 4.74 Å². The molecule has 2 bridgehead atoms. The molecule has 0 aromatic heterocycles. The van der Waals surface area contributed by atoms with Gasteiger partial charge in [0, 0.05) is 12.0 Å². The van der Waals surface area contributed by atoms with E-state index in [9.17, 15) is 27.9 Å². The molecule has 1 amide bonds. The standard InChI is InChI=1S/C29H34F3NO4/c1-18-2-6-21(7-3-18)37-23-9-5-20-16-19(4-8-22(20)24(23)29(30,31)32)17-33-25(34)27-10-13-28(14-11-27,15-12-27)26(35)36/h4-5,8-9,16,18,21H,2-3,6-7,10-15,17H2,1H3,(H,33,34)(H,35,36)/t18-,21+,27?,28?. The number of hydrogen-bond donors (Lipinski definition) is 2. The van der Waals surface area contributed by atoms with Gasteiger partial charge in [-0.25, -0.2) is 0 Å². The van der Waals surface area contributed by atoms with Gasteiger partial charge >= 0.3 is 12.1 Å². The van der Waals surface area contributed by atoms with Gasteiger partial charge in [0.1, 0.15) is 11.3 Å². The fourth-order valence-corrected chi connectivity index (χ4v) is 6.60. The summed E-state index contributed by atoms with van der Waals surface area (Å²) in [7, 11) is 0. The minimum atomic E-state index is -4.56. The molecule has 5 nitrogen and oxygen atoms in total. The molecule has 0 aliphatic heterocycles. The third-order valence-corrected chi connectivity index (χ3v) is 9.22. The number of aliphatic carboxylic acids is 1. The lowest BCUT2D eigenvalue weighted by Crippen LogP contribution is -2.52. The first-order valence-electron chi connectivity index (χ1n) is 13.3. The Labute approximate surface area is 214 Å². The predicted molar refractivity (Wildman–Crippen MR) is 133 cm³/mol. The van der Waals surface area contributed by atoms with Crippen LogP contribution in [0, 0.1) is 16.7 Å². The monoisotopic (exact) mass is 517 g/mol. The van der Waals surface area contributed by atoms with Crippen LogP contribution in [0.1, 0.15) is 82.3 Å². The quantitative estimate of drug-likeness (QED) is 0.439. The Morgan fingerprint density at radius 2 is 1.59 bits per heavy atom. The van der Waals surface area contributed by atoms with E-state index < -0.39 is 28.5 Å². The fraction of sp³-hybridized carbons (Fsp3) is 0.586. The number of carbonyl (C=O) groups excluding carboxylic acids is 1. The zero-order chi connectivity index (χ0) is 26.4. The summed E-state index contributed by atoms with van der Waals surface area (Å²) in [6.45, 7) is 2.36. The minimum Gasteiger partial charge on any atom is -0.490 e. The Balaban J connectivity index is 1.31. The molecule has 2 N–H and O–H groups in total. The Morgan fingerprint density at radius 3 is 2.19 bits per heavy atom. The van der Waals surface area contributed by atoms with E-state index in [2.05, 4.69) is 12.2 Å². The van der Waals surface area contributed by atoms with Crippen LogP contribution in [-0.2, 0) is 22.3 Å². The molecule has 4 aliphatic rings. The number of alkyl halides is 3. The topological polar surface area (TPSA) is 75.6 Å². The smallest absolute Gasteiger partial charge is 0.420 e. The van der Waals surface area contributed by atoms with Gasteiger partial charge in [0.05, 0.1) is 11.5 Å². The number of carboxylic acids is 1. The van der Waals surface area contributed by atoms with Crippen LogP contribution in [0.5, 0.6) is 5.75 Å². The average molecular weight is 518 g/mol. The van der Waals surface area contributed by atoms with E-state index in [-0.39, 0.29) is 29.7 Å². The highest BCUT2D eigenvalue weighted by Gasteiger charge is 2.55. The number of rotatable bonds is 6. The number of nitrogens with one attached hydrogen (secondary N) is 1. The summed E-state index contributed by atoms with van der Waals surface area (Å²) >= 11 is 0. The van der Waals surface area contributed by atoms with Gasteiger partial charge in [-0.15, -0.1) is 0 Å². The van der Waals surface area contributed by atoms with Crippen molar-refractivity contribution < 1.29 is 32.6 Å². The maximum atomic E-state index is 14.1. The average Bonchev–Trinajstić information content (AvgIpc) is 2.88. The Kier molecular flexibility index (Phi) is 6.65. The van der Waals surface area contributed by atoms with Crippen molar-refractivity contribution in [2.75, 3.05) is 0 Å². The molecule has 200 valence electrons. The largest absolute Gasteiger partial charge is 0.490 e. The molecule has 4 saturated carbocycles. The van der Waals surface area contributed by atoms with E-state index in [0.717, 1.165) is 25.7 Å². The van der Waals surface area contributed by atoms with Crippen molar-refractivity contribution >= 4 is 22.6 Å². The molecule has 0 heterocycles. The van der Waals surface area contributed by atoms with E-state index in [1.165, 1.54) is 12.1 Å². The number of amides is 1. The first-order chi connectivity index (χ1) is 17.5. The van der Waals surface area contributed by atoms with Crippen LogP contribution >= 0.6 is 0 Å². The molecule has 0 radical (unpaired) electrons. The number of ether oxygens (including phenoxy) is 1. The normalized spacial score (nSPS) is 29.7. The van der Waals surface area contributed by atoms with Crippen molar-refractivity contribution in [2.45, 2.75) is 90.0 Å². The van der Waals surface area contributed by atoms with Gasteiger partial charge in [-0.2, -0.15) is 13.2 Å². The number of fused-ring (bicyclic) bond motifs is 4. The molecule has 8 heteroatoms. The van der Waals surface area contributed by atoms with Crippen molar-refractivity contribution in [2.24, 2.45) is 16.7 Å². The highest BCUT2D eigenvalue weighted by molar-refractivity contribution is 5.89. The van der Waals surface area contributed by atoms with Crippen LogP contribution in [0.4, 0.5) is 13.2 Å². The minimum absolute atomic E-state index is 0.0900. The maximum Gasteiger partial charge on any atom is 0.420 e. The van der Waals surface area contributed by atoms with Crippen molar-refractivity contribution in [3.63, 3.8) is 0 Å². The van der Waals surface area contributed by atoms with Crippen molar-refractivity contribution in [1.82, 2.24) is 5.32 Å². The molecular formula is C29H34F3NO4. The van der Waals surface area contributed by atoms with E-state index in [0.29, 0.717) is 55.4 Å². The first-order valence-corrected chi connectivity index (χ1v) is 13.3. The third kappa shape index (κ3) is 4.91. The fourth-order valence-electron chi connectivity index (χ4n) is 6.60. The second-order valence-electron chi connectivity index (χ2n) is 11.5. The second kappa shape index (κ2) is 9.52. The molecular weight excluding hydrogens is 483 g/mol. The number of hydrogen-bond acceptors (Lipinski definition) is 3. The maximum absolute atomic E-state index is 14.1. The SMILES string of the molecule is C[C@H]1CC[C@@H](Oc2ccc3cc(CNC(=O)C45CCC(C(=O)O)(CC4)CC5)ccc3c2C(F)(F)F)CC1. The second-order valence-corrected chi connectivity index (χ2v) is 11.5. The summed E-state index contributed by atoms with van der Waals surface area (Å²) in [6.07, 6.45) is 1.86. The number of carbonyl (C=O) groups is 2. The van der Waals surface area contributed by atoms with Crippen molar-refractivity contribution in [3.05, 3.63) is 41.5 Å². The molecule has 0 saturated heterocycles. The lowest BCUT2D eigenvalue weighted by Gasteiger charge is -2.50. The van der Waals surface area contributed by atoms with E-state index in [1.54, 1.807) is 18.2 Å². The molecule has 4 fully saturated rings.